The van der Waals surface area contributed by atoms with Gasteiger partial charge >= 0.3 is 5.69 Å². The lowest BCUT2D eigenvalue weighted by atomic mass is 9.94. The summed E-state index contributed by atoms with van der Waals surface area (Å²) < 4.78 is 6.60. The minimum Gasteiger partial charge on any atom is -0.375 e. The number of nitrogens with one attached hydrogen (secondary N) is 1. The predicted octanol–water partition coefficient (Wildman–Crippen LogP) is 8.94. The van der Waals surface area contributed by atoms with Gasteiger partial charge in [-0.3, -0.25) is 19.7 Å². The van der Waals surface area contributed by atoms with Gasteiger partial charge in [0.2, 0.25) is 0 Å². The Morgan fingerprint density at radius 2 is 1.37 bits per heavy atom. The number of carbonyl (C=O) groups excluding carboxylic acids is 1. The second kappa shape index (κ2) is 17.8. The molecule has 41 heavy (non-hydrogen) atoms. The van der Waals surface area contributed by atoms with E-state index in [1.54, 1.807) is 13.0 Å². The summed E-state index contributed by atoms with van der Waals surface area (Å²) >= 11 is 0. The average Bonchev–Trinajstić information content (AvgIpc) is 3.32. The van der Waals surface area contributed by atoms with Crippen LogP contribution >= 0.6 is 0 Å². The Morgan fingerprint density at radius 3 is 1.80 bits per heavy atom. The van der Waals surface area contributed by atoms with E-state index >= 15 is 0 Å². The van der Waals surface area contributed by atoms with E-state index in [1.165, 1.54) is 95.6 Å². The average molecular weight is 572 g/mol. The van der Waals surface area contributed by atoms with Gasteiger partial charge in [-0.2, -0.15) is 0 Å². The monoisotopic (exact) mass is 571 g/mol. The van der Waals surface area contributed by atoms with E-state index in [1.807, 2.05) is 20.8 Å². The molecule has 2 rings (SSSR count). The fourth-order valence-corrected chi connectivity index (χ4v) is 5.14. The van der Waals surface area contributed by atoms with Crippen LogP contribution in [0.2, 0.25) is 0 Å². The summed E-state index contributed by atoms with van der Waals surface area (Å²) in [7, 11) is 0. The second-order valence-electron chi connectivity index (χ2n) is 12.4. The normalized spacial score (nSPS) is 11.6. The standard InChI is InChI=1S/C33H53N3O5/c1-6-7-8-9-10-11-12-13-14-15-16-17-18-19-20-21-24-34-32(38)30-26(2)22-23-27(31(30)36(39)40)35-29(37)25-28(41-35)33(3,4)5/h22-23,25H,6-21,24H2,1-5H3,(H,34,38). The van der Waals surface area contributed by atoms with Gasteiger partial charge in [-0.25, -0.2) is 0 Å². The van der Waals surface area contributed by atoms with Crippen LogP contribution in [0.1, 0.15) is 152 Å². The van der Waals surface area contributed by atoms with Crippen LogP contribution in [0.5, 0.6) is 0 Å². The van der Waals surface area contributed by atoms with Crippen molar-refractivity contribution in [2.75, 3.05) is 6.54 Å². The van der Waals surface area contributed by atoms with Crippen molar-refractivity contribution in [1.82, 2.24) is 10.1 Å². The van der Waals surface area contributed by atoms with Gasteiger partial charge in [0, 0.05) is 18.0 Å². The zero-order valence-electron chi connectivity index (χ0n) is 26.2. The van der Waals surface area contributed by atoms with Crippen molar-refractivity contribution < 1.29 is 14.2 Å². The first-order valence-electron chi connectivity index (χ1n) is 15.9. The van der Waals surface area contributed by atoms with Crippen molar-refractivity contribution in [3.05, 3.63) is 55.6 Å². The lowest BCUT2D eigenvalue weighted by Gasteiger charge is -2.14. The zero-order valence-corrected chi connectivity index (χ0v) is 26.2. The highest BCUT2D eigenvalue weighted by Crippen LogP contribution is 2.31. The summed E-state index contributed by atoms with van der Waals surface area (Å²) in [5.74, 6) is -0.0977. The maximum Gasteiger partial charge on any atom is 0.309 e. The number of rotatable bonds is 20. The van der Waals surface area contributed by atoms with E-state index < -0.39 is 27.5 Å². The molecule has 0 spiro atoms. The predicted molar refractivity (Wildman–Crippen MR) is 166 cm³/mol. The summed E-state index contributed by atoms with van der Waals surface area (Å²) in [5.41, 5.74) is -0.997. The molecule has 0 fully saturated rings. The number of hydrogen-bond acceptors (Lipinski definition) is 5. The number of carbonyl (C=O) groups is 1. The van der Waals surface area contributed by atoms with Crippen molar-refractivity contribution in [1.29, 1.82) is 0 Å². The third kappa shape index (κ3) is 11.5. The van der Waals surface area contributed by atoms with Gasteiger partial charge in [0.1, 0.15) is 11.3 Å². The molecule has 8 heteroatoms. The first-order valence-corrected chi connectivity index (χ1v) is 15.9. The molecule has 0 radical (unpaired) electrons. The molecule has 0 aliphatic carbocycles. The zero-order chi connectivity index (χ0) is 30.3. The Kier molecular flexibility index (Phi) is 14.9. The maximum atomic E-state index is 13.1. The Bertz CT molecular complexity index is 1140. The minimum absolute atomic E-state index is 0.0374. The van der Waals surface area contributed by atoms with Gasteiger partial charge in [-0.1, -0.05) is 130 Å². The summed E-state index contributed by atoms with van der Waals surface area (Å²) in [6.07, 6.45) is 20.4. The quantitative estimate of drug-likeness (QED) is 0.0969. The molecule has 0 aliphatic heterocycles. The lowest BCUT2D eigenvalue weighted by molar-refractivity contribution is -0.385. The molecule has 0 atom stereocenters. The largest absolute Gasteiger partial charge is 0.375 e. The third-order valence-corrected chi connectivity index (χ3v) is 7.69. The first kappa shape index (κ1) is 34.3. The third-order valence-electron chi connectivity index (χ3n) is 7.69. The number of unbranched alkanes of at least 4 members (excludes halogenated alkanes) is 15. The highest BCUT2D eigenvalue weighted by molar-refractivity contribution is 6.01. The number of amides is 1. The van der Waals surface area contributed by atoms with E-state index in [0.29, 0.717) is 17.9 Å². The van der Waals surface area contributed by atoms with E-state index in [0.717, 1.165) is 24.0 Å². The fourth-order valence-electron chi connectivity index (χ4n) is 5.14. The number of hydrogen-bond donors (Lipinski definition) is 1. The molecule has 1 N–H and O–H groups in total. The van der Waals surface area contributed by atoms with Crippen LogP contribution in [0.3, 0.4) is 0 Å². The summed E-state index contributed by atoms with van der Waals surface area (Å²) in [5, 5.41) is 14.9. The molecule has 8 nitrogen and oxygen atoms in total. The maximum absolute atomic E-state index is 13.1. The van der Waals surface area contributed by atoms with E-state index in [4.69, 9.17) is 4.52 Å². The van der Waals surface area contributed by atoms with Crippen LogP contribution < -0.4 is 10.9 Å². The van der Waals surface area contributed by atoms with E-state index in [-0.39, 0.29) is 11.3 Å². The Labute approximate surface area is 246 Å². The molecular formula is C33H53N3O5. The minimum atomic E-state index is -0.613. The van der Waals surface area contributed by atoms with Gasteiger partial charge in [-0.15, -0.1) is 4.74 Å². The highest BCUT2D eigenvalue weighted by Gasteiger charge is 2.30. The van der Waals surface area contributed by atoms with E-state index in [9.17, 15) is 19.7 Å². The van der Waals surface area contributed by atoms with Crippen molar-refractivity contribution in [2.24, 2.45) is 0 Å². The van der Waals surface area contributed by atoms with Crippen LogP contribution in [-0.2, 0) is 5.41 Å². The number of nitrogens with zero attached hydrogens (tertiary/aromatic N) is 2. The van der Waals surface area contributed by atoms with Crippen LogP contribution in [-0.4, -0.2) is 22.1 Å². The summed E-state index contributed by atoms with van der Waals surface area (Å²) in [6.45, 7) is 10.0. The summed E-state index contributed by atoms with van der Waals surface area (Å²) in [6, 6.07) is 4.40. The van der Waals surface area contributed by atoms with Gasteiger partial charge in [-0.05, 0) is 25.0 Å². The number of aromatic nitrogens is 1. The van der Waals surface area contributed by atoms with Crippen LogP contribution in [0, 0.1) is 17.0 Å². The molecule has 0 aliphatic rings. The molecule has 230 valence electrons. The smallest absolute Gasteiger partial charge is 0.309 e. The van der Waals surface area contributed by atoms with Gasteiger partial charge in [0.05, 0.1) is 4.92 Å². The molecule has 0 saturated heterocycles. The van der Waals surface area contributed by atoms with E-state index in [2.05, 4.69) is 12.2 Å². The van der Waals surface area contributed by atoms with Gasteiger partial charge in [0.25, 0.3) is 11.5 Å². The second-order valence-corrected chi connectivity index (χ2v) is 12.4. The summed E-state index contributed by atoms with van der Waals surface area (Å²) in [4.78, 5) is 37.1. The topological polar surface area (TPSA) is 107 Å². The Balaban J connectivity index is 1.74. The molecule has 1 aromatic carbocycles. The molecule has 0 saturated carbocycles. The van der Waals surface area contributed by atoms with Crippen molar-refractivity contribution >= 4 is 11.6 Å². The van der Waals surface area contributed by atoms with Crippen molar-refractivity contribution in [3.63, 3.8) is 0 Å². The Hall–Kier alpha value is -2.90. The highest BCUT2D eigenvalue weighted by atomic mass is 16.6. The van der Waals surface area contributed by atoms with Crippen molar-refractivity contribution in [3.8, 4) is 5.69 Å². The van der Waals surface area contributed by atoms with Gasteiger partial charge in [0.15, 0.2) is 5.69 Å². The van der Waals surface area contributed by atoms with Crippen LogP contribution in [0.15, 0.2) is 27.5 Å². The van der Waals surface area contributed by atoms with Gasteiger partial charge < -0.3 is 9.84 Å². The number of benzene rings is 1. The molecule has 1 heterocycles. The molecule has 0 bridgehead atoms. The number of aryl methyl sites for hydroxylation is 1. The van der Waals surface area contributed by atoms with Crippen LogP contribution in [0.4, 0.5) is 5.69 Å². The molecule has 0 unspecified atom stereocenters. The molecule has 2 aromatic rings. The van der Waals surface area contributed by atoms with Crippen molar-refractivity contribution in [2.45, 2.75) is 143 Å². The lowest BCUT2D eigenvalue weighted by Crippen LogP contribution is -2.27. The Morgan fingerprint density at radius 1 is 0.878 bits per heavy atom. The van der Waals surface area contributed by atoms with Crippen LogP contribution in [0.25, 0.3) is 5.69 Å². The fraction of sp³-hybridized carbons (Fsp3) is 0.697. The molecular weight excluding hydrogens is 518 g/mol. The molecule has 1 aromatic heterocycles. The number of nitro benzene ring substituents is 1. The first-order chi connectivity index (χ1) is 19.6. The number of nitro groups is 1. The molecule has 1 amide bonds. The SMILES string of the molecule is CCCCCCCCCCCCCCCCCCNC(=O)c1c(C)ccc(-n2oc(C(C)(C)C)cc2=O)c1[N+](=O)[O-].